The summed E-state index contributed by atoms with van der Waals surface area (Å²) < 4.78 is 5.83. The number of aliphatic imine (C=N–C) groups is 1. The van der Waals surface area contributed by atoms with Crippen LogP contribution in [0, 0.1) is 0 Å². The number of ether oxygens (including phenoxy) is 1. The second-order valence-corrected chi connectivity index (χ2v) is 7.15. The van der Waals surface area contributed by atoms with Gasteiger partial charge >= 0.3 is 0 Å². The normalized spacial score (nSPS) is 12.7. The molecule has 0 fully saturated rings. The van der Waals surface area contributed by atoms with Crippen molar-refractivity contribution >= 4 is 28.9 Å². The van der Waals surface area contributed by atoms with Gasteiger partial charge in [0.15, 0.2) is 5.96 Å². The largest absolute Gasteiger partial charge is 0.497 e. The van der Waals surface area contributed by atoms with Crippen LogP contribution in [0.3, 0.4) is 0 Å². The minimum Gasteiger partial charge on any atom is -0.497 e. The van der Waals surface area contributed by atoms with Gasteiger partial charge in [-0.15, -0.1) is 11.3 Å². The quantitative estimate of drug-likeness (QED) is 0.485. The molecular weight excluding hydrogens is 358 g/mol. The molecule has 0 saturated carbocycles. The van der Waals surface area contributed by atoms with Crippen LogP contribution >= 0.6 is 22.9 Å². The van der Waals surface area contributed by atoms with E-state index in [9.17, 15) is 5.11 Å². The van der Waals surface area contributed by atoms with Crippen LogP contribution in [0.5, 0.6) is 5.75 Å². The summed E-state index contributed by atoms with van der Waals surface area (Å²) in [6.07, 6.45) is 0.229. The minimum absolute atomic E-state index is 0.286. The van der Waals surface area contributed by atoms with E-state index < -0.39 is 6.10 Å². The Labute approximate surface area is 157 Å². The number of hydrogen-bond acceptors (Lipinski definition) is 4. The molecule has 3 N–H and O–H groups in total. The van der Waals surface area contributed by atoms with Gasteiger partial charge in [0.2, 0.25) is 0 Å². The lowest BCUT2D eigenvalue weighted by atomic mass is 10.1. The van der Waals surface area contributed by atoms with E-state index in [0.29, 0.717) is 10.3 Å². The zero-order valence-electron chi connectivity index (χ0n) is 14.5. The number of halogens is 1. The Morgan fingerprint density at radius 2 is 2.00 bits per heavy atom. The standard InChI is InChI=1S/C18H24ClN3O2S/c1-3-20-18(22-12-15(23)16-8-9-17(19)25-16)21-11-10-13-4-6-14(24-2)7-5-13/h4-9,15,23H,3,10-12H2,1-2H3,(H2,20,21,22). The van der Waals surface area contributed by atoms with E-state index >= 15 is 0 Å². The first kappa shape index (κ1) is 19.6. The fraction of sp³-hybridized carbons (Fsp3) is 0.389. The van der Waals surface area contributed by atoms with Crippen molar-refractivity contribution < 1.29 is 9.84 Å². The van der Waals surface area contributed by atoms with E-state index in [1.54, 1.807) is 13.2 Å². The summed E-state index contributed by atoms with van der Waals surface area (Å²) in [5.41, 5.74) is 1.22. The molecule has 2 rings (SSSR count). The van der Waals surface area contributed by atoms with Crippen LogP contribution in [0.2, 0.25) is 4.34 Å². The van der Waals surface area contributed by atoms with Crippen molar-refractivity contribution in [1.82, 2.24) is 10.6 Å². The molecule has 0 aliphatic rings. The Hall–Kier alpha value is -1.76. The zero-order chi connectivity index (χ0) is 18.1. The fourth-order valence-electron chi connectivity index (χ4n) is 2.23. The highest BCUT2D eigenvalue weighted by Crippen LogP contribution is 2.26. The fourth-order valence-corrected chi connectivity index (χ4v) is 3.27. The van der Waals surface area contributed by atoms with Crippen LogP contribution < -0.4 is 15.4 Å². The summed E-state index contributed by atoms with van der Waals surface area (Å²) in [5.74, 6) is 1.55. The van der Waals surface area contributed by atoms with Gasteiger partial charge < -0.3 is 20.5 Å². The molecule has 0 aliphatic heterocycles. The number of rotatable bonds is 8. The van der Waals surface area contributed by atoms with Gasteiger partial charge in [-0.25, -0.2) is 0 Å². The molecule has 0 spiro atoms. The number of methoxy groups -OCH3 is 1. The van der Waals surface area contributed by atoms with Gasteiger partial charge in [-0.3, -0.25) is 4.99 Å². The molecule has 1 aromatic carbocycles. The second-order valence-electron chi connectivity index (χ2n) is 5.40. The number of nitrogens with zero attached hydrogens (tertiary/aromatic N) is 1. The molecule has 0 amide bonds. The first-order valence-electron chi connectivity index (χ1n) is 8.20. The number of guanidine groups is 1. The first-order valence-corrected chi connectivity index (χ1v) is 9.40. The van der Waals surface area contributed by atoms with Crippen LogP contribution in [0.4, 0.5) is 0 Å². The van der Waals surface area contributed by atoms with Gasteiger partial charge in [-0.2, -0.15) is 0 Å². The third kappa shape index (κ3) is 6.57. The molecule has 1 unspecified atom stereocenters. The monoisotopic (exact) mass is 381 g/mol. The van der Waals surface area contributed by atoms with E-state index in [-0.39, 0.29) is 6.54 Å². The Kier molecular flexibility index (Phi) is 8.04. The van der Waals surface area contributed by atoms with E-state index in [1.807, 2.05) is 25.1 Å². The minimum atomic E-state index is -0.644. The predicted octanol–water partition coefficient (Wildman–Crippen LogP) is 3.24. The molecule has 1 aromatic heterocycles. The molecule has 136 valence electrons. The molecule has 0 bridgehead atoms. The zero-order valence-corrected chi connectivity index (χ0v) is 16.0. The number of thiophene rings is 1. The van der Waals surface area contributed by atoms with Crippen molar-refractivity contribution in [1.29, 1.82) is 0 Å². The van der Waals surface area contributed by atoms with E-state index in [1.165, 1.54) is 16.9 Å². The smallest absolute Gasteiger partial charge is 0.191 e. The molecule has 1 heterocycles. The maximum atomic E-state index is 10.2. The number of hydrogen-bond donors (Lipinski definition) is 3. The third-order valence-corrected chi connectivity index (χ3v) is 4.89. The van der Waals surface area contributed by atoms with Gasteiger partial charge in [-0.05, 0) is 43.2 Å². The van der Waals surface area contributed by atoms with E-state index in [4.69, 9.17) is 16.3 Å². The summed E-state index contributed by atoms with van der Waals surface area (Å²) in [5, 5.41) is 16.6. The van der Waals surface area contributed by atoms with Gasteiger partial charge in [0.05, 0.1) is 18.0 Å². The highest BCUT2D eigenvalue weighted by molar-refractivity contribution is 7.16. The molecule has 5 nitrogen and oxygen atoms in total. The van der Waals surface area contributed by atoms with Gasteiger partial charge in [-0.1, -0.05) is 23.7 Å². The summed E-state index contributed by atoms with van der Waals surface area (Å²) in [6, 6.07) is 11.6. The van der Waals surface area contributed by atoms with Crippen molar-refractivity contribution in [2.75, 3.05) is 26.7 Å². The number of nitrogens with one attached hydrogen (secondary N) is 2. The molecule has 0 saturated heterocycles. The Balaban J connectivity index is 1.84. The molecule has 1 atom stereocenters. The first-order chi connectivity index (χ1) is 12.1. The maximum absolute atomic E-state index is 10.2. The van der Waals surface area contributed by atoms with Crippen molar-refractivity contribution in [3.63, 3.8) is 0 Å². The number of aliphatic hydroxyl groups excluding tert-OH is 1. The third-order valence-electron chi connectivity index (χ3n) is 3.55. The van der Waals surface area contributed by atoms with Crippen LogP contribution in [-0.4, -0.2) is 37.8 Å². The van der Waals surface area contributed by atoms with Gasteiger partial charge in [0, 0.05) is 18.0 Å². The Bertz CT molecular complexity index is 673. The van der Waals surface area contributed by atoms with Crippen molar-refractivity contribution in [3.05, 3.63) is 51.2 Å². The molecular formula is C18H24ClN3O2S. The predicted molar refractivity (Wildman–Crippen MR) is 105 cm³/mol. The highest BCUT2D eigenvalue weighted by atomic mass is 35.5. The Morgan fingerprint density at radius 1 is 1.24 bits per heavy atom. The van der Waals surface area contributed by atoms with E-state index in [0.717, 1.165) is 30.1 Å². The lowest BCUT2D eigenvalue weighted by molar-refractivity contribution is 0.191. The average Bonchev–Trinajstić information content (AvgIpc) is 3.06. The van der Waals surface area contributed by atoms with Crippen LogP contribution in [0.15, 0.2) is 41.4 Å². The van der Waals surface area contributed by atoms with Crippen LogP contribution in [0.1, 0.15) is 23.5 Å². The Morgan fingerprint density at radius 3 is 2.60 bits per heavy atom. The average molecular weight is 382 g/mol. The second kappa shape index (κ2) is 10.3. The molecule has 25 heavy (non-hydrogen) atoms. The van der Waals surface area contributed by atoms with Crippen molar-refractivity contribution in [2.24, 2.45) is 4.99 Å². The summed E-state index contributed by atoms with van der Waals surface area (Å²) in [6.45, 7) is 3.80. The van der Waals surface area contributed by atoms with Crippen molar-refractivity contribution in [3.8, 4) is 5.75 Å². The number of aliphatic hydroxyl groups is 1. The van der Waals surface area contributed by atoms with Crippen LogP contribution in [0.25, 0.3) is 0 Å². The van der Waals surface area contributed by atoms with E-state index in [2.05, 4.69) is 27.8 Å². The SMILES string of the molecule is CCNC(=NCC(O)c1ccc(Cl)s1)NCCc1ccc(OC)cc1. The highest BCUT2D eigenvalue weighted by Gasteiger charge is 2.10. The molecule has 0 radical (unpaired) electrons. The lowest BCUT2D eigenvalue weighted by Crippen LogP contribution is -2.38. The summed E-state index contributed by atoms with van der Waals surface area (Å²) in [4.78, 5) is 5.27. The molecule has 2 aromatic rings. The van der Waals surface area contributed by atoms with Crippen molar-refractivity contribution in [2.45, 2.75) is 19.4 Å². The summed E-state index contributed by atoms with van der Waals surface area (Å²) >= 11 is 7.28. The topological polar surface area (TPSA) is 65.9 Å². The van der Waals surface area contributed by atoms with Gasteiger partial charge in [0.1, 0.15) is 11.9 Å². The molecule has 0 aliphatic carbocycles. The molecule has 7 heteroatoms. The lowest BCUT2D eigenvalue weighted by Gasteiger charge is -2.13. The summed E-state index contributed by atoms with van der Waals surface area (Å²) in [7, 11) is 1.66. The van der Waals surface area contributed by atoms with Crippen LogP contribution in [-0.2, 0) is 6.42 Å². The maximum Gasteiger partial charge on any atom is 0.191 e. The number of benzene rings is 1. The van der Waals surface area contributed by atoms with Gasteiger partial charge in [0.25, 0.3) is 0 Å².